The molecule has 0 bridgehead atoms. The summed E-state index contributed by atoms with van der Waals surface area (Å²) in [7, 11) is 0. The first-order valence-electron chi connectivity index (χ1n) is 7.75. The van der Waals surface area contributed by atoms with Crippen molar-refractivity contribution in [2.24, 2.45) is 5.73 Å². The lowest BCUT2D eigenvalue weighted by Gasteiger charge is -2.22. The molecule has 1 aliphatic carbocycles. The molecule has 4 rings (SSSR count). The lowest BCUT2D eigenvalue weighted by Crippen LogP contribution is -2.17. The van der Waals surface area contributed by atoms with Crippen molar-refractivity contribution in [1.29, 1.82) is 0 Å². The van der Waals surface area contributed by atoms with E-state index >= 15 is 0 Å². The Bertz CT molecular complexity index is 935. The molecule has 7 heteroatoms. The average Bonchev–Trinajstić information content (AvgIpc) is 2.99. The van der Waals surface area contributed by atoms with Crippen molar-refractivity contribution in [3.05, 3.63) is 47.3 Å². The number of aromatic nitrogens is 3. The molecule has 0 amide bonds. The minimum atomic E-state index is -1.06. The van der Waals surface area contributed by atoms with Crippen LogP contribution >= 0.6 is 0 Å². The van der Waals surface area contributed by atoms with Gasteiger partial charge < -0.3 is 20.6 Å². The number of nitrogens with zero attached hydrogens (tertiary/aromatic N) is 2. The van der Waals surface area contributed by atoms with Crippen molar-refractivity contribution in [1.82, 2.24) is 15.0 Å². The Morgan fingerprint density at radius 3 is 3.12 bits per heavy atom. The number of rotatable bonds is 3. The number of H-pyrrole nitrogens is 1. The highest BCUT2D eigenvalue weighted by atomic mass is 16.5. The second-order valence-corrected chi connectivity index (χ2v) is 5.87. The number of ether oxygens (including phenoxy) is 1. The van der Waals surface area contributed by atoms with Gasteiger partial charge >= 0.3 is 5.97 Å². The number of hydrogen-bond acceptors (Lipinski definition) is 5. The van der Waals surface area contributed by atoms with E-state index in [-0.39, 0.29) is 23.0 Å². The van der Waals surface area contributed by atoms with E-state index in [1.807, 2.05) is 18.2 Å². The number of aryl methyl sites for hydroxylation is 1. The van der Waals surface area contributed by atoms with Gasteiger partial charge in [0.2, 0.25) is 5.88 Å². The van der Waals surface area contributed by atoms with Gasteiger partial charge in [0, 0.05) is 12.2 Å². The van der Waals surface area contributed by atoms with Crippen LogP contribution in [0.4, 0.5) is 0 Å². The smallest absolute Gasteiger partial charge is 0.339 e. The summed E-state index contributed by atoms with van der Waals surface area (Å²) >= 11 is 0. The van der Waals surface area contributed by atoms with E-state index in [0.29, 0.717) is 11.4 Å². The van der Waals surface area contributed by atoms with Gasteiger partial charge in [-0.2, -0.15) is 0 Å². The number of carboxylic acids is 1. The number of nitrogens with two attached hydrogens (primary N) is 1. The molecule has 0 aliphatic heterocycles. The van der Waals surface area contributed by atoms with E-state index in [0.717, 1.165) is 24.8 Å². The summed E-state index contributed by atoms with van der Waals surface area (Å²) in [6.07, 6.45) is 5.93. The number of carboxylic acid groups (broad SMARTS) is 1. The molecule has 0 saturated heterocycles. The van der Waals surface area contributed by atoms with E-state index in [9.17, 15) is 9.90 Å². The number of aromatic carboxylic acids is 1. The molecular formula is C17H16N4O3. The van der Waals surface area contributed by atoms with Crippen molar-refractivity contribution in [2.45, 2.75) is 25.3 Å². The van der Waals surface area contributed by atoms with E-state index < -0.39 is 5.97 Å². The molecule has 0 fully saturated rings. The molecule has 1 unspecified atom stereocenters. The van der Waals surface area contributed by atoms with Gasteiger partial charge in [-0.15, -0.1) is 0 Å². The number of benzene rings is 1. The molecule has 7 nitrogen and oxygen atoms in total. The van der Waals surface area contributed by atoms with Crippen LogP contribution in [-0.4, -0.2) is 26.0 Å². The second kappa shape index (κ2) is 5.61. The van der Waals surface area contributed by atoms with Gasteiger partial charge in [-0.1, -0.05) is 6.07 Å². The van der Waals surface area contributed by atoms with Crippen LogP contribution in [0.2, 0.25) is 0 Å². The van der Waals surface area contributed by atoms with Crippen molar-refractivity contribution in [3.8, 4) is 11.6 Å². The Hall–Kier alpha value is -2.93. The van der Waals surface area contributed by atoms with Crippen molar-refractivity contribution < 1.29 is 14.6 Å². The fourth-order valence-electron chi connectivity index (χ4n) is 3.09. The third-order valence-corrected chi connectivity index (χ3v) is 4.29. The third kappa shape index (κ3) is 2.48. The number of carbonyl (C=O) groups is 1. The zero-order valence-corrected chi connectivity index (χ0v) is 12.8. The normalized spacial score (nSPS) is 16.8. The number of fused-ring (bicyclic) bond motifs is 2. The van der Waals surface area contributed by atoms with E-state index in [1.54, 1.807) is 0 Å². The Morgan fingerprint density at radius 2 is 2.29 bits per heavy atom. The predicted molar refractivity (Wildman–Crippen MR) is 87.2 cm³/mol. The molecule has 1 atom stereocenters. The first-order chi connectivity index (χ1) is 11.6. The van der Waals surface area contributed by atoms with Gasteiger partial charge in [-0.25, -0.2) is 14.8 Å². The van der Waals surface area contributed by atoms with Gasteiger partial charge in [0.05, 0.1) is 6.20 Å². The topological polar surface area (TPSA) is 114 Å². The van der Waals surface area contributed by atoms with E-state index in [2.05, 4.69) is 15.0 Å². The molecule has 1 aliphatic rings. The molecule has 0 spiro atoms. The average molecular weight is 324 g/mol. The van der Waals surface area contributed by atoms with Crippen LogP contribution in [0.25, 0.3) is 11.2 Å². The standard InChI is InChI=1S/C17H16N4O3/c18-13-3-1-2-9-4-5-10(6-11(9)13)24-14-8-20-16-15(21-14)12(7-19-16)17(22)23/h4-8,13H,1-3,18H2,(H,19,20)(H,22,23). The minimum Gasteiger partial charge on any atom is -0.478 e. The van der Waals surface area contributed by atoms with Crippen LogP contribution in [0.1, 0.15) is 40.4 Å². The summed E-state index contributed by atoms with van der Waals surface area (Å²) in [5.41, 5.74) is 9.27. The molecular weight excluding hydrogens is 308 g/mol. The first kappa shape index (κ1) is 14.6. The minimum absolute atomic E-state index is 0.0224. The number of aromatic amines is 1. The molecule has 4 N–H and O–H groups in total. The quantitative estimate of drug-likeness (QED) is 0.682. The summed E-state index contributed by atoms with van der Waals surface area (Å²) in [5.74, 6) is -0.200. The van der Waals surface area contributed by atoms with Crippen LogP contribution in [-0.2, 0) is 6.42 Å². The maximum absolute atomic E-state index is 11.2. The molecule has 2 heterocycles. The molecule has 122 valence electrons. The summed E-state index contributed by atoms with van der Waals surface area (Å²) < 4.78 is 5.77. The predicted octanol–water partition coefficient (Wildman–Crippen LogP) is 2.78. The van der Waals surface area contributed by atoms with Crippen molar-refractivity contribution in [2.75, 3.05) is 0 Å². The molecule has 0 saturated carbocycles. The van der Waals surface area contributed by atoms with Gasteiger partial charge in [0.25, 0.3) is 0 Å². The lowest BCUT2D eigenvalue weighted by molar-refractivity contribution is 0.0699. The highest BCUT2D eigenvalue weighted by Crippen LogP contribution is 2.32. The maximum Gasteiger partial charge on any atom is 0.339 e. The van der Waals surface area contributed by atoms with Crippen molar-refractivity contribution in [3.63, 3.8) is 0 Å². The van der Waals surface area contributed by atoms with Gasteiger partial charge in [-0.3, -0.25) is 0 Å². The molecule has 24 heavy (non-hydrogen) atoms. The number of nitrogens with one attached hydrogen (secondary N) is 1. The maximum atomic E-state index is 11.2. The van der Waals surface area contributed by atoms with Gasteiger partial charge in [-0.05, 0) is 42.5 Å². The molecule has 3 aromatic rings. The zero-order chi connectivity index (χ0) is 16.7. The summed E-state index contributed by atoms with van der Waals surface area (Å²) in [4.78, 5) is 22.4. The largest absolute Gasteiger partial charge is 0.478 e. The third-order valence-electron chi connectivity index (χ3n) is 4.29. The van der Waals surface area contributed by atoms with Gasteiger partial charge in [0.1, 0.15) is 16.8 Å². The van der Waals surface area contributed by atoms with Crippen LogP contribution in [0.3, 0.4) is 0 Å². The highest BCUT2D eigenvalue weighted by molar-refractivity contribution is 6.00. The highest BCUT2D eigenvalue weighted by Gasteiger charge is 2.18. The molecule has 1 aromatic carbocycles. The second-order valence-electron chi connectivity index (χ2n) is 5.87. The van der Waals surface area contributed by atoms with Gasteiger partial charge in [0.15, 0.2) is 5.65 Å². The monoisotopic (exact) mass is 324 g/mol. The van der Waals surface area contributed by atoms with Crippen LogP contribution < -0.4 is 10.5 Å². The summed E-state index contributed by atoms with van der Waals surface area (Å²) in [5, 5.41) is 9.17. The Labute approximate surface area is 137 Å². The Kier molecular flexibility index (Phi) is 3.42. The van der Waals surface area contributed by atoms with E-state index in [1.165, 1.54) is 18.0 Å². The Morgan fingerprint density at radius 1 is 1.42 bits per heavy atom. The molecule has 2 aromatic heterocycles. The summed E-state index contributed by atoms with van der Waals surface area (Å²) in [6.45, 7) is 0. The summed E-state index contributed by atoms with van der Waals surface area (Å²) in [6, 6.07) is 5.85. The fraction of sp³-hybridized carbons (Fsp3) is 0.235. The van der Waals surface area contributed by atoms with Crippen molar-refractivity contribution >= 4 is 17.1 Å². The lowest BCUT2D eigenvalue weighted by atomic mass is 9.88. The fourth-order valence-corrected chi connectivity index (χ4v) is 3.09. The van der Waals surface area contributed by atoms with Crippen LogP contribution in [0.5, 0.6) is 11.6 Å². The zero-order valence-electron chi connectivity index (χ0n) is 12.8. The number of hydrogen-bond donors (Lipinski definition) is 3. The SMILES string of the molecule is NC1CCCc2ccc(Oc3cnc4[nH]cc(C(=O)O)c4n3)cc21. The van der Waals surface area contributed by atoms with E-state index in [4.69, 9.17) is 10.5 Å². The first-order valence-corrected chi connectivity index (χ1v) is 7.75. The van der Waals surface area contributed by atoms with Crippen LogP contribution in [0.15, 0.2) is 30.6 Å². The molecule has 0 radical (unpaired) electrons. The Balaban J connectivity index is 1.68. The van der Waals surface area contributed by atoms with Crippen LogP contribution in [0, 0.1) is 0 Å².